The number of rotatable bonds is 6. The largest absolute Gasteiger partial charge is 0.489 e. The zero-order valence-electron chi connectivity index (χ0n) is 11.2. The summed E-state index contributed by atoms with van der Waals surface area (Å²) in [6.07, 6.45) is 1.69. The maximum Gasteiger partial charge on any atom is 0.141 e. The molecule has 0 saturated heterocycles. The summed E-state index contributed by atoms with van der Waals surface area (Å²) < 4.78 is 19.7. The second-order valence-corrected chi connectivity index (χ2v) is 5.66. The van der Waals surface area contributed by atoms with Gasteiger partial charge in [0, 0.05) is 22.3 Å². The first-order valence-corrected chi connectivity index (χ1v) is 7.48. The number of halogens is 3. The average molecular weight is 371 g/mol. The fraction of sp³-hybridized carbons (Fsp3) is 0.125. The minimum Gasteiger partial charge on any atom is -0.489 e. The molecule has 110 valence electrons. The smallest absolute Gasteiger partial charge is 0.141 e. The van der Waals surface area contributed by atoms with Crippen molar-refractivity contribution in [3.05, 3.63) is 69.9 Å². The molecule has 0 radical (unpaired) electrons. The molecule has 0 spiro atoms. The van der Waals surface area contributed by atoms with Gasteiger partial charge in [-0.3, -0.25) is 0 Å². The molecule has 0 aromatic heterocycles. The molecule has 0 saturated carbocycles. The molecule has 21 heavy (non-hydrogen) atoms. The van der Waals surface area contributed by atoms with E-state index in [2.05, 4.69) is 27.8 Å². The highest BCUT2D eigenvalue weighted by Gasteiger charge is 2.06. The minimum atomic E-state index is -0.431. The Labute approximate surface area is 136 Å². The lowest BCUT2D eigenvalue weighted by atomic mass is 10.2. The Morgan fingerprint density at radius 1 is 1.29 bits per heavy atom. The van der Waals surface area contributed by atoms with Crippen LogP contribution in [-0.4, -0.2) is 6.61 Å². The summed E-state index contributed by atoms with van der Waals surface area (Å²) in [7, 11) is 0. The van der Waals surface area contributed by atoms with Gasteiger partial charge in [0.25, 0.3) is 0 Å². The quantitative estimate of drug-likeness (QED) is 0.686. The summed E-state index contributed by atoms with van der Waals surface area (Å²) in [6.45, 7) is 4.61. The van der Waals surface area contributed by atoms with Gasteiger partial charge in [0.15, 0.2) is 0 Å². The van der Waals surface area contributed by atoms with E-state index in [1.807, 2.05) is 18.2 Å². The summed E-state index contributed by atoms with van der Waals surface area (Å²) in [5.41, 5.74) is 1.72. The number of ether oxygens (including phenoxy) is 1. The van der Waals surface area contributed by atoms with Crippen LogP contribution in [0.15, 0.2) is 53.5 Å². The van der Waals surface area contributed by atoms with E-state index in [9.17, 15) is 4.39 Å². The molecule has 0 amide bonds. The topological polar surface area (TPSA) is 21.3 Å². The number of anilines is 1. The Morgan fingerprint density at radius 2 is 2.10 bits per heavy atom. The van der Waals surface area contributed by atoms with E-state index < -0.39 is 5.82 Å². The number of hydrogen-bond donors (Lipinski definition) is 1. The summed E-state index contributed by atoms with van der Waals surface area (Å²) >= 11 is 9.20. The highest BCUT2D eigenvalue weighted by molar-refractivity contribution is 9.10. The zero-order valence-corrected chi connectivity index (χ0v) is 13.5. The third-order valence-electron chi connectivity index (χ3n) is 2.78. The molecular weight excluding hydrogens is 357 g/mol. The lowest BCUT2D eigenvalue weighted by molar-refractivity contribution is 0.359. The van der Waals surface area contributed by atoms with Gasteiger partial charge < -0.3 is 10.1 Å². The van der Waals surface area contributed by atoms with E-state index in [4.69, 9.17) is 16.3 Å². The summed E-state index contributed by atoms with van der Waals surface area (Å²) in [6, 6.07) is 10.3. The van der Waals surface area contributed by atoms with Crippen LogP contribution in [0.4, 0.5) is 10.1 Å². The van der Waals surface area contributed by atoms with Crippen molar-refractivity contribution in [1.29, 1.82) is 0 Å². The van der Waals surface area contributed by atoms with Crippen molar-refractivity contribution < 1.29 is 9.13 Å². The maximum absolute atomic E-state index is 13.1. The molecule has 0 heterocycles. The number of benzene rings is 2. The fourth-order valence-corrected chi connectivity index (χ4v) is 2.37. The molecule has 0 aliphatic heterocycles. The minimum absolute atomic E-state index is 0.0948. The van der Waals surface area contributed by atoms with Crippen LogP contribution >= 0.6 is 27.5 Å². The summed E-state index contributed by atoms with van der Waals surface area (Å²) in [5.74, 6) is 0.346. The predicted octanol–water partition coefficient (Wildman–Crippen LogP) is 5.42. The van der Waals surface area contributed by atoms with Gasteiger partial charge in [0.1, 0.15) is 18.2 Å². The Balaban J connectivity index is 2.12. The molecule has 2 nitrogen and oxygen atoms in total. The van der Waals surface area contributed by atoms with Gasteiger partial charge in [-0.15, -0.1) is 0 Å². The van der Waals surface area contributed by atoms with Gasteiger partial charge in [-0.2, -0.15) is 0 Å². The third kappa shape index (κ3) is 4.48. The van der Waals surface area contributed by atoms with Crippen molar-refractivity contribution in [1.82, 2.24) is 0 Å². The first-order chi connectivity index (χ1) is 10.1. The monoisotopic (exact) mass is 369 g/mol. The summed E-state index contributed by atoms with van der Waals surface area (Å²) in [5, 5.41) is 3.29. The van der Waals surface area contributed by atoms with Crippen LogP contribution < -0.4 is 10.1 Å². The van der Waals surface area contributed by atoms with E-state index in [-0.39, 0.29) is 5.02 Å². The molecule has 0 aliphatic rings. The number of nitrogens with one attached hydrogen (secondary N) is 1. The van der Waals surface area contributed by atoms with Gasteiger partial charge in [-0.25, -0.2) is 4.39 Å². The van der Waals surface area contributed by atoms with Crippen LogP contribution in [0, 0.1) is 5.82 Å². The van der Waals surface area contributed by atoms with Crippen molar-refractivity contribution in [2.75, 3.05) is 11.9 Å². The van der Waals surface area contributed by atoms with E-state index >= 15 is 0 Å². The van der Waals surface area contributed by atoms with E-state index in [1.165, 1.54) is 6.07 Å². The van der Waals surface area contributed by atoms with Crippen molar-refractivity contribution in [3.63, 3.8) is 0 Å². The molecule has 2 aromatic rings. The Bertz CT molecular complexity index is 648. The van der Waals surface area contributed by atoms with Crippen molar-refractivity contribution >= 4 is 33.2 Å². The highest BCUT2D eigenvalue weighted by Crippen LogP contribution is 2.25. The molecule has 0 fully saturated rings. The molecular formula is C16H14BrClFNO. The van der Waals surface area contributed by atoms with Crippen LogP contribution in [0.5, 0.6) is 5.75 Å². The molecule has 0 atom stereocenters. The maximum atomic E-state index is 13.1. The van der Waals surface area contributed by atoms with Crippen LogP contribution in [0.3, 0.4) is 0 Å². The van der Waals surface area contributed by atoms with Gasteiger partial charge in [-0.1, -0.05) is 40.2 Å². The van der Waals surface area contributed by atoms with Gasteiger partial charge in [-0.05, 0) is 36.4 Å². The average Bonchev–Trinajstić information content (AvgIpc) is 2.47. The molecule has 2 rings (SSSR count). The molecule has 0 unspecified atom stereocenters. The van der Waals surface area contributed by atoms with E-state index in [0.29, 0.717) is 13.2 Å². The zero-order chi connectivity index (χ0) is 15.2. The molecule has 1 N–H and O–H groups in total. The first-order valence-electron chi connectivity index (χ1n) is 6.31. The van der Waals surface area contributed by atoms with Crippen molar-refractivity contribution in [3.8, 4) is 5.75 Å². The Kier molecular flexibility index (Phi) is 5.65. The van der Waals surface area contributed by atoms with Gasteiger partial charge in [0.2, 0.25) is 0 Å². The van der Waals surface area contributed by atoms with Crippen LogP contribution in [0.1, 0.15) is 5.56 Å². The molecule has 2 aromatic carbocycles. The van der Waals surface area contributed by atoms with Crippen LogP contribution in [-0.2, 0) is 6.54 Å². The molecule has 5 heteroatoms. The van der Waals surface area contributed by atoms with Crippen LogP contribution in [0.25, 0.3) is 0 Å². The summed E-state index contributed by atoms with van der Waals surface area (Å²) in [4.78, 5) is 0. The number of hydrogen-bond acceptors (Lipinski definition) is 2. The van der Waals surface area contributed by atoms with E-state index in [0.717, 1.165) is 21.5 Å². The second-order valence-electron chi connectivity index (χ2n) is 4.33. The highest BCUT2D eigenvalue weighted by atomic mass is 79.9. The first kappa shape index (κ1) is 15.9. The van der Waals surface area contributed by atoms with Gasteiger partial charge >= 0.3 is 0 Å². The normalized spacial score (nSPS) is 10.2. The molecule has 0 bridgehead atoms. The van der Waals surface area contributed by atoms with Gasteiger partial charge in [0.05, 0.1) is 5.02 Å². The van der Waals surface area contributed by atoms with Crippen molar-refractivity contribution in [2.24, 2.45) is 0 Å². The molecule has 0 aliphatic carbocycles. The lowest BCUT2D eigenvalue weighted by Crippen LogP contribution is -2.03. The van der Waals surface area contributed by atoms with Crippen molar-refractivity contribution in [2.45, 2.75) is 6.54 Å². The lowest BCUT2D eigenvalue weighted by Gasteiger charge is -2.13. The standard InChI is InChI=1S/C16H14BrClFNO/c1-2-7-21-16-6-3-12(17)8-11(16)10-20-13-4-5-15(19)14(18)9-13/h2-6,8-9,20H,1,7,10H2. The Hall–Kier alpha value is -1.52. The second kappa shape index (κ2) is 7.48. The SMILES string of the molecule is C=CCOc1ccc(Br)cc1CNc1ccc(F)c(Cl)c1. The Morgan fingerprint density at radius 3 is 2.81 bits per heavy atom. The van der Waals surface area contributed by atoms with Crippen LogP contribution in [0.2, 0.25) is 5.02 Å². The van der Waals surface area contributed by atoms with E-state index in [1.54, 1.807) is 18.2 Å². The fourth-order valence-electron chi connectivity index (χ4n) is 1.78. The third-order valence-corrected chi connectivity index (χ3v) is 3.56. The predicted molar refractivity (Wildman–Crippen MR) is 88.6 cm³/mol.